The molecule has 1 aromatic carbocycles. The molecule has 18 heavy (non-hydrogen) atoms. The maximum atomic E-state index is 13.9. The minimum atomic E-state index is -0.445. The quantitative estimate of drug-likeness (QED) is 0.479. The Morgan fingerprint density at radius 1 is 1.22 bits per heavy atom. The van der Waals surface area contributed by atoms with Gasteiger partial charge in [-0.2, -0.15) is 0 Å². The Labute approximate surface area is 123 Å². The highest BCUT2D eigenvalue weighted by molar-refractivity contribution is 9.10. The smallest absolute Gasteiger partial charge is 0.143 e. The van der Waals surface area contributed by atoms with Crippen molar-refractivity contribution in [3.05, 3.63) is 33.8 Å². The molecule has 0 radical (unpaired) electrons. The third kappa shape index (κ3) is 3.13. The second kappa shape index (κ2) is 6.47. The van der Waals surface area contributed by atoms with E-state index in [1.807, 2.05) is 0 Å². The first-order valence-corrected chi connectivity index (χ1v) is 8.23. The highest BCUT2D eigenvalue weighted by Crippen LogP contribution is 2.35. The molecule has 0 saturated heterocycles. The van der Waals surface area contributed by atoms with Crippen LogP contribution in [0.25, 0.3) is 0 Å². The van der Waals surface area contributed by atoms with Gasteiger partial charge in [0.25, 0.3) is 0 Å². The predicted molar refractivity (Wildman–Crippen MR) is 77.0 cm³/mol. The molecule has 1 aliphatic carbocycles. The van der Waals surface area contributed by atoms with Crippen LogP contribution in [-0.4, -0.2) is 5.33 Å². The summed E-state index contributed by atoms with van der Waals surface area (Å²) in [4.78, 5) is 0. The van der Waals surface area contributed by atoms with E-state index in [0.29, 0.717) is 22.7 Å². The van der Waals surface area contributed by atoms with Crippen LogP contribution in [0.15, 0.2) is 16.6 Å². The molecule has 4 heteroatoms. The topological polar surface area (TPSA) is 0 Å². The summed E-state index contributed by atoms with van der Waals surface area (Å²) in [6.07, 6.45) is 5.35. The number of rotatable bonds is 4. The molecule has 1 aromatic rings. The fraction of sp³-hybridized carbons (Fsp3) is 0.571. The van der Waals surface area contributed by atoms with Crippen LogP contribution in [0, 0.1) is 23.5 Å². The zero-order valence-electron chi connectivity index (χ0n) is 10.1. The molecule has 1 atom stereocenters. The van der Waals surface area contributed by atoms with E-state index in [0.717, 1.165) is 5.33 Å². The predicted octanol–water partition coefficient (Wildman–Crippen LogP) is 5.47. The van der Waals surface area contributed by atoms with Gasteiger partial charge in [-0.3, -0.25) is 0 Å². The minimum absolute atomic E-state index is 0.223. The van der Waals surface area contributed by atoms with Gasteiger partial charge in [0.2, 0.25) is 0 Å². The Morgan fingerprint density at radius 2 is 1.89 bits per heavy atom. The molecule has 0 aromatic heterocycles. The summed E-state index contributed by atoms with van der Waals surface area (Å²) in [7, 11) is 0. The monoisotopic (exact) mass is 380 g/mol. The summed E-state index contributed by atoms with van der Waals surface area (Å²) in [6.45, 7) is 0. The lowest BCUT2D eigenvalue weighted by atomic mass is 9.87. The first kappa shape index (κ1) is 14.4. The van der Waals surface area contributed by atoms with Crippen molar-refractivity contribution in [2.24, 2.45) is 11.8 Å². The summed E-state index contributed by atoms with van der Waals surface area (Å²) in [5.74, 6) is 0.0477. The molecule has 1 fully saturated rings. The molecule has 0 heterocycles. The molecular formula is C14H16Br2F2. The average molecular weight is 382 g/mol. The summed E-state index contributed by atoms with van der Waals surface area (Å²) >= 11 is 6.62. The molecule has 0 bridgehead atoms. The maximum absolute atomic E-state index is 13.9. The number of hydrogen-bond acceptors (Lipinski definition) is 0. The molecule has 0 spiro atoms. The Balaban J connectivity index is 2.18. The fourth-order valence-corrected chi connectivity index (χ4v) is 3.92. The van der Waals surface area contributed by atoms with Crippen LogP contribution in [-0.2, 0) is 6.42 Å². The van der Waals surface area contributed by atoms with Crippen molar-refractivity contribution < 1.29 is 8.78 Å². The molecule has 1 unspecified atom stereocenters. The van der Waals surface area contributed by atoms with Gasteiger partial charge in [0.05, 0.1) is 4.47 Å². The molecule has 0 nitrogen and oxygen atoms in total. The van der Waals surface area contributed by atoms with E-state index >= 15 is 0 Å². The van der Waals surface area contributed by atoms with Gasteiger partial charge in [-0.15, -0.1) is 0 Å². The molecule has 0 amide bonds. The van der Waals surface area contributed by atoms with Crippen molar-refractivity contribution in [3.8, 4) is 0 Å². The van der Waals surface area contributed by atoms with Crippen LogP contribution in [0.1, 0.15) is 31.2 Å². The van der Waals surface area contributed by atoms with Gasteiger partial charge in [-0.25, -0.2) is 8.78 Å². The molecule has 2 rings (SSSR count). The van der Waals surface area contributed by atoms with Crippen LogP contribution in [0.3, 0.4) is 0 Å². The van der Waals surface area contributed by atoms with E-state index in [9.17, 15) is 8.78 Å². The van der Waals surface area contributed by atoms with Crippen LogP contribution in [0.2, 0.25) is 0 Å². The second-order valence-corrected chi connectivity index (χ2v) is 6.49. The van der Waals surface area contributed by atoms with Gasteiger partial charge in [-0.05, 0) is 46.3 Å². The minimum Gasteiger partial charge on any atom is -0.207 e. The van der Waals surface area contributed by atoms with E-state index in [1.165, 1.54) is 37.8 Å². The number of hydrogen-bond donors (Lipinski definition) is 0. The summed E-state index contributed by atoms with van der Waals surface area (Å²) < 4.78 is 28.0. The lowest BCUT2D eigenvalue weighted by molar-refractivity contribution is 0.363. The van der Waals surface area contributed by atoms with Gasteiger partial charge in [0.15, 0.2) is 0 Å². The van der Waals surface area contributed by atoms with Crippen LogP contribution in [0.4, 0.5) is 8.78 Å². The van der Waals surface area contributed by atoms with Gasteiger partial charge in [-0.1, -0.05) is 41.6 Å². The van der Waals surface area contributed by atoms with E-state index in [4.69, 9.17) is 0 Å². The first-order chi connectivity index (χ1) is 8.63. The Kier molecular flexibility index (Phi) is 5.19. The van der Waals surface area contributed by atoms with Gasteiger partial charge in [0.1, 0.15) is 11.6 Å². The number of halogens is 4. The SMILES string of the molecule is Fc1ccc(Br)c(F)c1CC(CBr)C1CCCC1. The van der Waals surface area contributed by atoms with E-state index < -0.39 is 11.6 Å². The largest absolute Gasteiger partial charge is 0.207 e. The zero-order chi connectivity index (χ0) is 13.1. The van der Waals surface area contributed by atoms with E-state index in [-0.39, 0.29) is 5.56 Å². The van der Waals surface area contributed by atoms with Crippen LogP contribution >= 0.6 is 31.9 Å². The lowest BCUT2D eigenvalue weighted by Crippen LogP contribution is -2.18. The highest BCUT2D eigenvalue weighted by Gasteiger charge is 2.26. The molecular weight excluding hydrogens is 366 g/mol. The molecule has 0 N–H and O–H groups in total. The highest BCUT2D eigenvalue weighted by atomic mass is 79.9. The Bertz CT molecular complexity index is 415. The first-order valence-electron chi connectivity index (χ1n) is 6.31. The van der Waals surface area contributed by atoms with Crippen LogP contribution in [0.5, 0.6) is 0 Å². The summed E-state index contributed by atoms with van der Waals surface area (Å²) in [5.41, 5.74) is 0.223. The third-order valence-electron chi connectivity index (χ3n) is 3.87. The number of alkyl halides is 1. The third-order valence-corrected chi connectivity index (χ3v) is 5.31. The number of benzene rings is 1. The van der Waals surface area contributed by atoms with Crippen molar-refractivity contribution >= 4 is 31.9 Å². The lowest BCUT2D eigenvalue weighted by Gasteiger charge is -2.22. The van der Waals surface area contributed by atoms with Gasteiger partial charge >= 0.3 is 0 Å². The molecule has 0 aliphatic heterocycles. The maximum Gasteiger partial charge on any atom is 0.143 e. The second-order valence-electron chi connectivity index (χ2n) is 4.98. The van der Waals surface area contributed by atoms with Crippen molar-refractivity contribution in [1.82, 2.24) is 0 Å². The average Bonchev–Trinajstić information content (AvgIpc) is 2.88. The van der Waals surface area contributed by atoms with Gasteiger partial charge in [0, 0.05) is 10.9 Å². The van der Waals surface area contributed by atoms with Gasteiger partial charge < -0.3 is 0 Å². The molecule has 100 valence electrons. The summed E-state index contributed by atoms with van der Waals surface area (Å²) in [6, 6.07) is 2.76. The van der Waals surface area contributed by atoms with Crippen LogP contribution < -0.4 is 0 Å². The zero-order valence-corrected chi connectivity index (χ0v) is 13.2. The van der Waals surface area contributed by atoms with Crippen molar-refractivity contribution in [2.75, 3.05) is 5.33 Å². The Hall–Kier alpha value is 0.0400. The fourth-order valence-electron chi connectivity index (χ4n) is 2.79. The summed E-state index contributed by atoms with van der Waals surface area (Å²) in [5, 5.41) is 0.809. The van der Waals surface area contributed by atoms with Crippen molar-refractivity contribution in [2.45, 2.75) is 32.1 Å². The van der Waals surface area contributed by atoms with E-state index in [1.54, 1.807) is 0 Å². The van der Waals surface area contributed by atoms with Crippen molar-refractivity contribution in [1.29, 1.82) is 0 Å². The molecule has 1 aliphatic rings. The van der Waals surface area contributed by atoms with E-state index in [2.05, 4.69) is 31.9 Å². The molecule has 1 saturated carbocycles. The normalized spacial score (nSPS) is 18.2. The standard InChI is InChI=1S/C14H16Br2F2/c15-8-10(9-3-1-2-4-9)7-11-13(17)6-5-12(16)14(11)18/h5-6,9-10H,1-4,7-8H2. The van der Waals surface area contributed by atoms with Crippen molar-refractivity contribution in [3.63, 3.8) is 0 Å². The Morgan fingerprint density at radius 3 is 2.50 bits per heavy atom.